The molecule has 1 rings (SSSR count). The molecule has 3 heteroatoms. The Hall–Kier alpha value is -1.35. The van der Waals surface area contributed by atoms with E-state index < -0.39 is 0 Å². The number of aliphatic hydroxyl groups is 1. The van der Waals surface area contributed by atoms with Crippen LogP contribution in [0.4, 0.5) is 0 Å². The molecule has 0 saturated carbocycles. The molecule has 0 aliphatic carbocycles. The van der Waals surface area contributed by atoms with Crippen LogP contribution in [0.5, 0.6) is 0 Å². The van der Waals surface area contributed by atoms with Gasteiger partial charge in [-0.15, -0.1) is 0 Å². The minimum absolute atomic E-state index is 0.0409. The molecule has 15 heavy (non-hydrogen) atoms. The second-order valence-electron chi connectivity index (χ2n) is 3.44. The SMILES string of the molecule is O=C(Cc1ccccc1)NCCCCO. The lowest BCUT2D eigenvalue weighted by atomic mass is 10.1. The number of hydrogen-bond acceptors (Lipinski definition) is 2. The van der Waals surface area contributed by atoms with E-state index in [0.717, 1.165) is 18.4 Å². The van der Waals surface area contributed by atoms with E-state index in [1.807, 2.05) is 30.3 Å². The maximum absolute atomic E-state index is 11.4. The third kappa shape index (κ3) is 5.18. The molecule has 0 saturated heterocycles. The van der Waals surface area contributed by atoms with Crippen molar-refractivity contribution in [2.45, 2.75) is 19.3 Å². The first kappa shape index (κ1) is 11.7. The van der Waals surface area contributed by atoms with Gasteiger partial charge >= 0.3 is 0 Å². The number of aliphatic hydroxyl groups excluding tert-OH is 1. The molecule has 0 fully saturated rings. The van der Waals surface area contributed by atoms with Crippen molar-refractivity contribution in [3.63, 3.8) is 0 Å². The number of rotatable bonds is 6. The van der Waals surface area contributed by atoms with Gasteiger partial charge in [-0.25, -0.2) is 0 Å². The summed E-state index contributed by atoms with van der Waals surface area (Å²) in [6.45, 7) is 0.834. The van der Waals surface area contributed by atoms with Crippen LogP contribution in [0.3, 0.4) is 0 Å². The first-order valence-electron chi connectivity index (χ1n) is 5.24. The van der Waals surface area contributed by atoms with Crippen molar-refractivity contribution in [1.29, 1.82) is 0 Å². The van der Waals surface area contributed by atoms with Crippen molar-refractivity contribution in [2.75, 3.05) is 13.2 Å². The first-order chi connectivity index (χ1) is 7.33. The molecule has 1 amide bonds. The van der Waals surface area contributed by atoms with Crippen molar-refractivity contribution in [2.24, 2.45) is 0 Å². The highest BCUT2D eigenvalue weighted by atomic mass is 16.2. The average Bonchev–Trinajstić information content (AvgIpc) is 2.26. The summed E-state index contributed by atoms with van der Waals surface area (Å²) < 4.78 is 0. The van der Waals surface area contributed by atoms with Gasteiger partial charge in [-0.2, -0.15) is 0 Å². The molecule has 1 aromatic carbocycles. The zero-order valence-electron chi connectivity index (χ0n) is 8.78. The van der Waals surface area contributed by atoms with E-state index in [-0.39, 0.29) is 12.5 Å². The minimum Gasteiger partial charge on any atom is -0.396 e. The fraction of sp³-hybridized carbons (Fsp3) is 0.417. The number of benzene rings is 1. The molecule has 0 atom stereocenters. The Labute approximate surface area is 90.1 Å². The van der Waals surface area contributed by atoms with Crippen molar-refractivity contribution in [3.8, 4) is 0 Å². The largest absolute Gasteiger partial charge is 0.396 e. The van der Waals surface area contributed by atoms with Crippen LogP contribution >= 0.6 is 0 Å². The molecule has 0 aliphatic heterocycles. The van der Waals surface area contributed by atoms with Crippen LogP contribution in [0, 0.1) is 0 Å². The minimum atomic E-state index is 0.0409. The van der Waals surface area contributed by atoms with Gasteiger partial charge in [0.25, 0.3) is 0 Å². The Morgan fingerprint density at radius 3 is 2.60 bits per heavy atom. The molecule has 0 unspecified atom stereocenters. The van der Waals surface area contributed by atoms with Gasteiger partial charge in [0.05, 0.1) is 6.42 Å². The number of nitrogens with one attached hydrogen (secondary N) is 1. The fourth-order valence-corrected chi connectivity index (χ4v) is 1.31. The lowest BCUT2D eigenvalue weighted by Crippen LogP contribution is -2.26. The summed E-state index contributed by atoms with van der Waals surface area (Å²) in [4.78, 5) is 11.4. The van der Waals surface area contributed by atoms with Crippen molar-refractivity contribution in [3.05, 3.63) is 35.9 Å². The van der Waals surface area contributed by atoms with Gasteiger partial charge in [-0.1, -0.05) is 30.3 Å². The molecule has 82 valence electrons. The number of amides is 1. The average molecular weight is 207 g/mol. The van der Waals surface area contributed by atoms with Crippen LogP contribution in [0.25, 0.3) is 0 Å². The molecule has 2 N–H and O–H groups in total. The summed E-state index contributed by atoms with van der Waals surface area (Å²) in [5.41, 5.74) is 1.03. The van der Waals surface area contributed by atoms with E-state index in [9.17, 15) is 4.79 Å². The van der Waals surface area contributed by atoms with E-state index in [4.69, 9.17) is 5.11 Å². The van der Waals surface area contributed by atoms with Gasteiger partial charge in [0.15, 0.2) is 0 Å². The van der Waals surface area contributed by atoms with Crippen LogP contribution < -0.4 is 5.32 Å². The molecule has 0 spiro atoms. The zero-order valence-corrected chi connectivity index (χ0v) is 8.78. The molecular formula is C12H17NO2. The quantitative estimate of drug-likeness (QED) is 0.687. The number of hydrogen-bond donors (Lipinski definition) is 2. The Kier molecular flexibility index (Phi) is 5.48. The monoisotopic (exact) mass is 207 g/mol. The summed E-state index contributed by atoms with van der Waals surface area (Å²) in [5, 5.41) is 11.4. The summed E-state index contributed by atoms with van der Waals surface area (Å²) >= 11 is 0. The van der Waals surface area contributed by atoms with Crippen LogP contribution in [-0.2, 0) is 11.2 Å². The van der Waals surface area contributed by atoms with Gasteiger partial charge in [0, 0.05) is 13.2 Å². The van der Waals surface area contributed by atoms with Crippen LogP contribution in [0.15, 0.2) is 30.3 Å². The predicted molar refractivity (Wildman–Crippen MR) is 59.5 cm³/mol. The zero-order chi connectivity index (χ0) is 10.9. The highest BCUT2D eigenvalue weighted by molar-refractivity contribution is 5.78. The number of unbranched alkanes of at least 4 members (excludes halogenated alkanes) is 1. The van der Waals surface area contributed by atoms with Crippen molar-refractivity contribution in [1.82, 2.24) is 5.32 Å². The molecule has 1 aromatic rings. The van der Waals surface area contributed by atoms with E-state index in [1.165, 1.54) is 0 Å². The maximum Gasteiger partial charge on any atom is 0.224 e. The number of carbonyl (C=O) groups is 1. The summed E-state index contributed by atoms with van der Waals surface area (Å²) in [6.07, 6.45) is 2.00. The molecule has 0 radical (unpaired) electrons. The molecule has 0 heterocycles. The van der Waals surface area contributed by atoms with Gasteiger partial charge in [-0.3, -0.25) is 4.79 Å². The van der Waals surface area contributed by atoms with Gasteiger partial charge in [0.1, 0.15) is 0 Å². The van der Waals surface area contributed by atoms with Gasteiger partial charge < -0.3 is 10.4 Å². The van der Waals surface area contributed by atoms with E-state index in [1.54, 1.807) is 0 Å². The third-order valence-electron chi connectivity index (χ3n) is 2.11. The predicted octanol–water partition coefficient (Wildman–Crippen LogP) is 1.12. The van der Waals surface area contributed by atoms with Crippen LogP contribution in [-0.4, -0.2) is 24.2 Å². The second kappa shape index (κ2) is 7.01. The van der Waals surface area contributed by atoms with E-state index in [2.05, 4.69) is 5.32 Å². The second-order valence-corrected chi connectivity index (χ2v) is 3.44. The smallest absolute Gasteiger partial charge is 0.224 e. The topological polar surface area (TPSA) is 49.3 Å². The number of carbonyl (C=O) groups excluding carboxylic acids is 1. The van der Waals surface area contributed by atoms with Crippen LogP contribution in [0.1, 0.15) is 18.4 Å². The maximum atomic E-state index is 11.4. The Balaban J connectivity index is 2.19. The third-order valence-corrected chi connectivity index (χ3v) is 2.11. The van der Waals surface area contributed by atoms with Gasteiger partial charge in [-0.05, 0) is 18.4 Å². The summed E-state index contributed by atoms with van der Waals surface area (Å²) in [6, 6.07) is 9.66. The normalized spacial score (nSPS) is 9.93. The fourth-order valence-electron chi connectivity index (χ4n) is 1.31. The van der Waals surface area contributed by atoms with E-state index in [0.29, 0.717) is 13.0 Å². The standard InChI is InChI=1S/C12H17NO2/c14-9-5-4-8-13-12(15)10-11-6-2-1-3-7-11/h1-3,6-7,14H,4-5,8-10H2,(H,13,15). The Morgan fingerprint density at radius 2 is 1.93 bits per heavy atom. The van der Waals surface area contributed by atoms with Crippen LogP contribution in [0.2, 0.25) is 0 Å². The molecule has 0 aliphatic rings. The van der Waals surface area contributed by atoms with E-state index >= 15 is 0 Å². The molecular weight excluding hydrogens is 190 g/mol. The van der Waals surface area contributed by atoms with Gasteiger partial charge in [0.2, 0.25) is 5.91 Å². The Bertz CT molecular complexity index is 285. The first-order valence-corrected chi connectivity index (χ1v) is 5.24. The molecule has 0 bridgehead atoms. The Morgan fingerprint density at radius 1 is 1.20 bits per heavy atom. The lowest BCUT2D eigenvalue weighted by molar-refractivity contribution is -0.120. The lowest BCUT2D eigenvalue weighted by Gasteiger charge is -2.04. The molecule has 0 aromatic heterocycles. The molecule has 3 nitrogen and oxygen atoms in total. The highest BCUT2D eigenvalue weighted by Crippen LogP contribution is 1.99. The highest BCUT2D eigenvalue weighted by Gasteiger charge is 2.01. The van der Waals surface area contributed by atoms with Crippen molar-refractivity contribution >= 4 is 5.91 Å². The summed E-state index contributed by atoms with van der Waals surface area (Å²) in [7, 11) is 0. The van der Waals surface area contributed by atoms with Crippen molar-refractivity contribution < 1.29 is 9.90 Å². The summed E-state index contributed by atoms with van der Waals surface area (Å²) in [5.74, 6) is 0.0409.